The van der Waals surface area contributed by atoms with E-state index in [1.165, 1.54) is 0 Å². The molecule has 0 radical (unpaired) electrons. The lowest BCUT2D eigenvalue weighted by atomic mass is 10.1. The SMILES string of the molecule is Cc1c(N2CCNCC2)c2ccccc2n(-c2ccccc2)c1=O. The van der Waals surface area contributed by atoms with Crippen molar-refractivity contribution in [3.63, 3.8) is 0 Å². The molecule has 4 heteroatoms. The lowest BCUT2D eigenvalue weighted by Gasteiger charge is -2.32. The molecule has 0 amide bonds. The summed E-state index contributed by atoms with van der Waals surface area (Å²) in [5.41, 5.74) is 3.85. The van der Waals surface area contributed by atoms with E-state index in [1.54, 1.807) is 0 Å². The van der Waals surface area contributed by atoms with Gasteiger partial charge in [-0.15, -0.1) is 0 Å². The first-order valence-corrected chi connectivity index (χ1v) is 8.43. The third kappa shape index (κ3) is 2.39. The number of para-hydroxylation sites is 2. The number of nitrogens with zero attached hydrogens (tertiary/aromatic N) is 2. The monoisotopic (exact) mass is 319 g/mol. The average Bonchev–Trinajstić information content (AvgIpc) is 2.64. The van der Waals surface area contributed by atoms with Gasteiger partial charge in [-0.1, -0.05) is 36.4 Å². The fourth-order valence-corrected chi connectivity index (χ4v) is 3.58. The van der Waals surface area contributed by atoms with E-state index in [0.29, 0.717) is 0 Å². The Balaban J connectivity index is 2.04. The maximum atomic E-state index is 13.2. The van der Waals surface area contributed by atoms with Crippen LogP contribution < -0.4 is 15.8 Å². The van der Waals surface area contributed by atoms with Crippen molar-refractivity contribution in [1.82, 2.24) is 9.88 Å². The van der Waals surface area contributed by atoms with Crippen molar-refractivity contribution in [1.29, 1.82) is 0 Å². The zero-order chi connectivity index (χ0) is 16.5. The maximum absolute atomic E-state index is 13.2. The minimum atomic E-state index is 0.0634. The van der Waals surface area contributed by atoms with E-state index in [-0.39, 0.29) is 5.56 Å². The topological polar surface area (TPSA) is 37.3 Å². The van der Waals surface area contributed by atoms with Gasteiger partial charge in [0.05, 0.1) is 11.2 Å². The van der Waals surface area contributed by atoms with Crippen LogP contribution in [0.25, 0.3) is 16.6 Å². The number of rotatable bonds is 2. The highest BCUT2D eigenvalue weighted by Gasteiger charge is 2.20. The predicted molar refractivity (Wildman–Crippen MR) is 99.4 cm³/mol. The first-order chi connectivity index (χ1) is 11.8. The Morgan fingerprint density at radius 1 is 0.917 bits per heavy atom. The molecule has 2 aromatic carbocycles. The van der Waals surface area contributed by atoms with Crippen molar-refractivity contribution < 1.29 is 0 Å². The number of piperazine rings is 1. The lowest BCUT2D eigenvalue weighted by Crippen LogP contribution is -2.44. The molecular weight excluding hydrogens is 298 g/mol. The smallest absolute Gasteiger partial charge is 0.260 e. The van der Waals surface area contributed by atoms with Gasteiger partial charge in [-0.25, -0.2) is 0 Å². The number of fused-ring (bicyclic) bond motifs is 1. The van der Waals surface area contributed by atoms with Crippen molar-refractivity contribution in [2.75, 3.05) is 31.1 Å². The summed E-state index contributed by atoms with van der Waals surface area (Å²) in [6.07, 6.45) is 0. The van der Waals surface area contributed by atoms with Gasteiger partial charge >= 0.3 is 0 Å². The molecule has 24 heavy (non-hydrogen) atoms. The number of anilines is 1. The Labute approximate surface area is 141 Å². The van der Waals surface area contributed by atoms with Gasteiger partial charge in [0.2, 0.25) is 0 Å². The van der Waals surface area contributed by atoms with Crippen LogP contribution in [0.4, 0.5) is 5.69 Å². The first kappa shape index (κ1) is 15.0. The van der Waals surface area contributed by atoms with E-state index in [9.17, 15) is 4.79 Å². The summed E-state index contributed by atoms with van der Waals surface area (Å²) in [6.45, 7) is 5.72. The van der Waals surface area contributed by atoms with Crippen LogP contribution in [0, 0.1) is 6.92 Å². The summed E-state index contributed by atoms with van der Waals surface area (Å²) in [5, 5.41) is 4.52. The number of pyridine rings is 1. The van der Waals surface area contributed by atoms with Gasteiger partial charge in [0, 0.05) is 42.8 Å². The van der Waals surface area contributed by atoms with Crippen LogP contribution >= 0.6 is 0 Å². The number of nitrogens with one attached hydrogen (secondary N) is 1. The van der Waals surface area contributed by atoms with Gasteiger partial charge in [0.1, 0.15) is 0 Å². The van der Waals surface area contributed by atoms with Crippen LogP contribution in [0.5, 0.6) is 0 Å². The normalized spacial score (nSPS) is 15.0. The molecule has 4 nitrogen and oxygen atoms in total. The Morgan fingerprint density at radius 3 is 2.33 bits per heavy atom. The molecule has 4 rings (SSSR count). The standard InChI is InChI=1S/C20H21N3O/c1-15-19(22-13-11-21-12-14-22)17-9-5-6-10-18(17)23(20(15)24)16-7-3-2-4-8-16/h2-10,21H,11-14H2,1H3. The summed E-state index contributed by atoms with van der Waals surface area (Å²) < 4.78 is 1.83. The van der Waals surface area contributed by atoms with Crippen molar-refractivity contribution >= 4 is 16.6 Å². The fourth-order valence-electron chi connectivity index (χ4n) is 3.58. The molecule has 2 heterocycles. The number of benzene rings is 2. The van der Waals surface area contributed by atoms with Crippen molar-refractivity contribution in [3.05, 3.63) is 70.5 Å². The van der Waals surface area contributed by atoms with E-state index in [2.05, 4.69) is 16.3 Å². The number of aromatic nitrogens is 1. The van der Waals surface area contributed by atoms with Crippen LogP contribution in [0.15, 0.2) is 59.4 Å². The first-order valence-electron chi connectivity index (χ1n) is 8.43. The van der Waals surface area contributed by atoms with Crippen molar-refractivity contribution in [2.45, 2.75) is 6.92 Å². The quantitative estimate of drug-likeness (QED) is 0.789. The fraction of sp³-hybridized carbons (Fsp3) is 0.250. The molecule has 0 bridgehead atoms. The average molecular weight is 319 g/mol. The largest absolute Gasteiger partial charge is 0.368 e. The number of hydrogen-bond acceptors (Lipinski definition) is 3. The zero-order valence-corrected chi connectivity index (χ0v) is 13.8. The Bertz CT molecular complexity index is 925. The Morgan fingerprint density at radius 2 is 1.58 bits per heavy atom. The third-order valence-electron chi connectivity index (χ3n) is 4.73. The van der Waals surface area contributed by atoms with Crippen LogP contribution in [0.3, 0.4) is 0 Å². The van der Waals surface area contributed by atoms with Crippen LogP contribution in [-0.2, 0) is 0 Å². The van der Waals surface area contributed by atoms with Crippen LogP contribution in [-0.4, -0.2) is 30.7 Å². The Kier molecular flexibility index (Phi) is 3.82. The lowest BCUT2D eigenvalue weighted by molar-refractivity contribution is 0.589. The predicted octanol–water partition coefficient (Wildman–Crippen LogP) is 2.71. The van der Waals surface area contributed by atoms with Gasteiger partial charge in [-0.3, -0.25) is 9.36 Å². The molecule has 0 aliphatic carbocycles. The minimum Gasteiger partial charge on any atom is -0.368 e. The van der Waals surface area contributed by atoms with E-state index < -0.39 is 0 Å². The second-order valence-electron chi connectivity index (χ2n) is 6.20. The molecule has 1 saturated heterocycles. The molecule has 3 aromatic rings. The molecule has 1 N–H and O–H groups in total. The highest BCUT2D eigenvalue weighted by Crippen LogP contribution is 2.30. The maximum Gasteiger partial charge on any atom is 0.260 e. The summed E-state index contributed by atoms with van der Waals surface area (Å²) in [6, 6.07) is 18.1. The van der Waals surface area contributed by atoms with E-state index in [0.717, 1.165) is 54.0 Å². The molecule has 0 spiro atoms. The molecule has 1 aliphatic rings. The third-order valence-corrected chi connectivity index (χ3v) is 4.73. The van der Waals surface area contributed by atoms with E-state index in [1.807, 2.05) is 60.0 Å². The molecule has 1 aliphatic heterocycles. The molecule has 0 unspecified atom stereocenters. The molecule has 0 saturated carbocycles. The highest BCUT2D eigenvalue weighted by molar-refractivity contribution is 5.94. The molecule has 1 aromatic heterocycles. The van der Waals surface area contributed by atoms with Crippen molar-refractivity contribution in [3.8, 4) is 5.69 Å². The second kappa shape index (κ2) is 6.13. The number of hydrogen-bond donors (Lipinski definition) is 1. The highest BCUT2D eigenvalue weighted by atomic mass is 16.1. The minimum absolute atomic E-state index is 0.0634. The van der Waals surface area contributed by atoms with Gasteiger partial charge in [-0.05, 0) is 25.1 Å². The van der Waals surface area contributed by atoms with E-state index >= 15 is 0 Å². The summed E-state index contributed by atoms with van der Waals surface area (Å²) in [5.74, 6) is 0. The molecule has 1 fully saturated rings. The van der Waals surface area contributed by atoms with Crippen molar-refractivity contribution in [2.24, 2.45) is 0 Å². The van der Waals surface area contributed by atoms with Gasteiger partial charge in [0.25, 0.3) is 5.56 Å². The summed E-state index contributed by atoms with van der Waals surface area (Å²) in [7, 11) is 0. The zero-order valence-electron chi connectivity index (χ0n) is 13.8. The Hall–Kier alpha value is -2.59. The second-order valence-corrected chi connectivity index (χ2v) is 6.20. The van der Waals surface area contributed by atoms with Crippen LogP contribution in [0.1, 0.15) is 5.56 Å². The van der Waals surface area contributed by atoms with Gasteiger partial charge in [-0.2, -0.15) is 0 Å². The molecule has 0 atom stereocenters. The van der Waals surface area contributed by atoms with E-state index in [4.69, 9.17) is 0 Å². The summed E-state index contributed by atoms with van der Waals surface area (Å²) in [4.78, 5) is 15.5. The van der Waals surface area contributed by atoms with Crippen LogP contribution in [0.2, 0.25) is 0 Å². The molecule has 122 valence electrons. The van der Waals surface area contributed by atoms with Gasteiger partial charge in [0.15, 0.2) is 0 Å². The molecular formula is C20H21N3O. The van der Waals surface area contributed by atoms with Gasteiger partial charge < -0.3 is 10.2 Å². The summed E-state index contributed by atoms with van der Waals surface area (Å²) >= 11 is 0.